The molecule has 2 rings (SSSR count). The van der Waals surface area contributed by atoms with Crippen LogP contribution in [0, 0.1) is 0 Å². The van der Waals surface area contributed by atoms with E-state index in [2.05, 4.69) is 0 Å². The lowest BCUT2D eigenvalue weighted by atomic mass is 10.3. The fourth-order valence-corrected chi connectivity index (χ4v) is 4.42. The number of quaternary nitrogens is 1. The molecule has 0 radical (unpaired) electrons. The highest BCUT2D eigenvalue weighted by molar-refractivity contribution is 7.92. The van der Waals surface area contributed by atoms with Crippen LogP contribution in [0.3, 0.4) is 0 Å². The zero-order chi connectivity index (χ0) is 18.6. The van der Waals surface area contributed by atoms with Crippen LogP contribution in [0.1, 0.15) is 0 Å². The van der Waals surface area contributed by atoms with Gasteiger partial charge in [-0.2, -0.15) is 0 Å². The van der Waals surface area contributed by atoms with Gasteiger partial charge in [-0.1, -0.05) is 41.4 Å². The zero-order valence-electron chi connectivity index (χ0n) is 14.0. The highest BCUT2D eigenvalue weighted by Gasteiger charge is 2.29. The second-order valence-corrected chi connectivity index (χ2v) is 8.72. The summed E-state index contributed by atoms with van der Waals surface area (Å²) in [7, 11) is -0.142. The number of nitrogens with one attached hydrogen (secondary N) is 1. The lowest BCUT2D eigenvalue weighted by molar-refractivity contribution is -0.861. The molecule has 0 aliphatic rings. The van der Waals surface area contributed by atoms with Gasteiger partial charge in [0.25, 0.3) is 10.0 Å². The van der Waals surface area contributed by atoms with Gasteiger partial charge in [-0.25, -0.2) is 8.42 Å². The zero-order valence-corrected chi connectivity index (χ0v) is 16.3. The van der Waals surface area contributed by atoms with Crippen molar-refractivity contribution in [3.05, 3.63) is 58.6 Å². The summed E-state index contributed by atoms with van der Waals surface area (Å²) < 4.78 is 27.4. The summed E-state index contributed by atoms with van der Waals surface area (Å²) >= 11 is 12.3. The molecule has 0 heterocycles. The topological polar surface area (TPSA) is 62.1 Å². The van der Waals surface area contributed by atoms with Crippen molar-refractivity contribution in [3.63, 3.8) is 0 Å². The number of benzene rings is 2. The molecule has 0 saturated carbocycles. The number of aliphatic hydroxyl groups is 1. The molecule has 136 valence electrons. The summed E-state index contributed by atoms with van der Waals surface area (Å²) in [5.41, 5.74) is 0.242. The summed E-state index contributed by atoms with van der Waals surface area (Å²) in [5.74, 6) is 0. The van der Waals surface area contributed by atoms with Crippen molar-refractivity contribution in [2.75, 3.05) is 31.5 Å². The van der Waals surface area contributed by atoms with Gasteiger partial charge in [-0.15, -0.1) is 0 Å². The van der Waals surface area contributed by atoms with E-state index in [0.29, 0.717) is 11.6 Å². The fourth-order valence-electron chi connectivity index (χ4n) is 2.45. The highest BCUT2D eigenvalue weighted by atomic mass is 35.5. The Morgan fingerprint density at radius 1 is 1.12 bits per heavy atom. The smallest absolute Gasteiger partial charge is 0.264 e. The minimum Gasteiger partial charge on any atom is -0.385 e. The van der Waals surface area contributed by atoms with Crippen LogP contribution in [-0.4, -0.2) is 46.8 Å². The van der Waals surface area contributed by atoms with E-state index >= 15 is 0 Å². The molecule has 0 amide bonds. The number of rotatable bonds is 7. The third-order valence-corrected chi connectivity index (χ3v) is 5.88. The third kappa shape index (κ3) is 5.09. The lowest BCUT2D eigenvalue weighted by Crippen LogP contribution is -3.07. The molecule has 0 aromatic heterocycles. The first-order valence-electron chi connectivity index (χ1n) is 7.71. The van der Waals surface area contributed by atoms with Gasteiger partial charge in [-0.05, 0) is 30.3 Å². The normalized spacial score (nSPS) is 13.0. The van der Waals surface area contributed by atoms with Crippen molar-refractivity contribution in [2.45, 2.75) is 11.0 Å². The van der Waals surface area contributed by atoms with Crippen molar-refractivity contribution in [3.8, 4) is 0 Å². The monoisotopic (exact) mass is 403 g/mol. The number of nitrogens with zero attached hydrogens (tertiary/aromatic N) is 1. The lowest BCUT2D eigenvalue weighted by Gasteiger charge is -2.28. The van der Waals surface area contributed by atoms with Gasteiger partial charge in [0.1, 0.15) is 12.6 Å². The van der Waals surface area contributed by atoms with Crippen LogP contribution in [0.5, 0.6) is 0 Å². The van der Waals surface area contributed by atoms with E-state index < -0.39 is 16.1 Å². The number of hydrogen-bond donors (Lipinski definition) is 2. The Kier molecular flexibility index (Phi) is 6.71. The first-order chi connectivity index (χ1) is 11.7. The van der Waals surface area contributed by atoms with Crippen molar-refractivity contribution in [2.24, 2.45) is 0 Å². The summed E-state index contributed by atoms with van der Waals surface area (Å²) in [6.07, 6.45) is -0.862. The summed E-state index contributed by atoms with van der Waals surface area (Å²) in [5, 5.41) is 10.9. The summed E-state index contributed by atoms with van der Waals surface area (Å²) in [6, 6.07) is 12.6. The Morgan fingerprint density at radius 3 is 2.36 bits per heavy atom. The molecule has 0 fully saturated rings. The molecular weight excluding hydrogens is 383 g/mol. The number of halogens is 2. The third-order valence-electron chi connectivity index (χ3n) is 3.53. The predicted molar refractivity (Wildman–Crippen MR) is 101 cm³/mol. The minimum atomic E-state index is -3.90. The molecule has 2 aromatic carbocycles. The van der Waals surface area contributed by atoms with Crippen molar-refractivity contribution in [1.29, 1.82) is 0 Å². The van der Waals surface area contributed by atoms with Gasteiger partial charge in [0.05, 0.1) is 36.2 Å². The second-order valence-electron chi connectivity index (χ2n) is 6.01. The van der Waals surface area contributed by atoms with E-state index in [9.17, 15) is 13.5 Å². The molecule has 0 saturated heterocycles. The molecule has 0 aliphatic heterocycles. The number of hydrogen-bond acceptors (Lipinski definition) is 3. The van der Waals surface area contributed by atoms with Gasteiger partial charge >= 0.3 is 0 Å². The van der Waals surface area contributed by atoms with E-state index in [-0.39, 0.29) is 22.2 Å². The largest absolute Gasteiger partial charge is 0.385 e. The van der Waals surface area contributed by atoms with E-state index in [4.69, 9.17) is 23.2 Å². The van der Waals surface area contributed by atoms with Crippen LogP contribution in [-0.2, 0) is 10.0 Å². The maximum absolute atomic E-state index is 13.1. The molecule has 1 atom stereocenters. The maximum atomic E-state index is 13.1. The van der Waals surface area contributed by atoms with Crippen LogP contribution in [0.4, 0.5) is 5.69 Å². The molecule has 0 bridgehead atoms. The molecule has 2 aromatic rings. The highest BCUT2D eigenvalue weighted by Crippen LogP contribution is 2.33. The Labute approximate surface area is 158 Å². The van der Waals surface area contributed by atoms with Gasteiger partial charge in [0, 0.05) is 5.02 Å². The Balaban J connectivity index is 2.51. The average molecular weight is 404 g/mol. The fraction of sp³-hybridized carbons (Fsp3) is 0.294. The molecule has 0 unspecified atom stereocenters. The molecule has 2 N–H and O–H groups in total. The van der Waals surface area contributed by atoms with Gasteiger partial charge in [0.2, 0.25) is 0 Å². The van der Waals surface area contributed by atoms with Crippen LogP contribution < -0.4 is 9.21 Å². The predicted octanol–water partition coefficient (Wildman–Crippen LogP) is 1.69. The molecule has 25 heavy (non-hydrogen) atoms. The van der Waals surface area contributed by atoms with E-state index in [0.717, 1.165) is 9.21 Å². The SMILES string of the molecule is C[NH+](C)C[C@@H](O)CN(c1cc(Cl)ccc1Cl)S(=O)(=O)c1ccccc1. The molecule has 8 heteroatoms. The quantitative estimate of drug-likeness (QED) is 0.739. The number of sulfonamides is 1. The average Bonchev–Trinajstić information content (AvgIpc) is 2.55. The van der Waals surface area contributed by atoms with E-state index in [1.165, 1.54) is 24.3 Å². The van der Waals surface area contributed by atoms with Crippen LogP contribution in [0.2, 0.25) is 10.0 Å². The Hall–Kier alpha value is -1.31. The van der Waals surface area contributed by atoms with Crippen molar-refractivity contribution >= 4 is 38.9 Å². The molecular formula is C17H21Cl2N2O3S+. The molecule has 0 aliphatic carbocycles. The molecule has 0 spiro atoms. The number of anilines is 1. The Morgan fingerprint density at radius 2 is 1.76 bits per heavy atom. The van der Waals surface area contributed by atoms with E-state index in [1.807, 2.05) is 14.1 Å². The van der Waals surface area contributed by atoms with Gasteiger partial charge in [0.15, 0.2) is 0 Å². The van der Waals surface area contributed by atoms with Gasteiger partial charge in [-0.3, -0.25) is 4.31 Å². The van der Waals surface area contributed by atoms with Crippen molar-refractivity contribution < 1.29 is 18.4 Å². The number of aliphatic hydroxyl groups excluding tert-OH is 1. The second kappa shape index (κ2) is 8.38. The summed E-state index contributed by atoms with van der Waals surface area (Å²) in [6.45, 7) is 0.265. The van der Waals surface area contributed by atoms with Crippen LogP contribution >= 0.6 is 23.2 Å². The van der Waals surface area contributed by atoms with Gasteiger partial charge < -0.3 is 10.0 Å². The maximum Gasteiger partial charge on any atom is 0.264 e. The van der Waals surface area contributed by atoms with E-state index in [1.54, 1.807) is 24.3 Å². The van der Waals surface area contributed by atoms with Crippen molar-refractivity contribution in [1.82, 2.24) is 0 Å². The standard InChI is InChI=1S/C17H20Cl2N2O3S/c1-20(2)11-14(22)12-21(17-10-13(18)8-9-16(17)19)25(23,24)15-6-4-3-5-7-15/h3-10,14,22H,11-12H2,1-2H3/p+1/t14-/m1/s1. The van der Waals surface area contributed by atoms with Crippen LogP contribution in [0.15, 0.2) is 53.4 Å². The first-order valence-corrected chi connectivity index (χ1v) is 9.91. The summed E-state index contributed by atoms with van der Waals surface area (Å²) in [4.78, 5) is 1.12. The minimum absolute atomic E-state index is 0.121. The Bertz CT molecular complexity index is 814. The van der Waals surface area contributed by atoms with Crippen LogP contribution in [0.25, 0.3) is 0 Å². The first kappa shape index (κ1) is 20.0. The molecule has 5 nitrogen and oxygen atoms in total. The number of likely N-dealkylation sites (N-methyl/N-ethyl adjacent to an activating group) is 1.